The van der Waals surface area contributed by atoms with Crippen LogP contribution >= 0.6 is 15.9 Å². The Labute approximate surface area is 133 Å². The number of halogens is 1. The molecule has 3 N–H and O–H groups in total. The Balaban J connectivity index is 2.26. The number of anilines is 1. The molecule has 6 nitrogen and oxygen atoms in total. The summed E-state index contributed by atoms with van der Waals surface area (Å²) in [6, 6.07) is 0.708. The van der Waals surface area contributed by atoms with E-state index < -0.39 is 0 Å². The second kappa shape index (κ2) is 7.38. The second-order valence-electron chi connectivity index (χ2n) is 5.45. The van der Waals surface area contributed by atoms with Gasteiger partial charge in [-0.15, -0.1) is 0 Å². The van der Waals surface area contributed by atoms with Crippen LogP contribution in [-0.4, -0.2) is 40.1 Å². The minimum atomic E-state index is -0.201. The Bertz CT molecular complexity index is 526. The Kier molecular flexibility index (Phi) is 5.78. The molecular weight excluding hydrogens is 336 g/mol. The number of nitrogens with zero attached hydrogens (tertiary/aromatic N) is 3. The largest absolute Gasteiger partial charge is 0.394 e. The fraction of sp³-hybridized carbons (Fsp3) is 0.714. The van der Waals surface area contributed by atoms with Gasteiger partial charge in [0.15, 0.2) is 0 Å². The van der Waals surface area contributed by atoms with E-state index in [1.165, 1.54) is 4.68 Å². The fourth-order valence-electron chi connectivity index (χ4n) is 2.95. The van der Waals surface area contributed by atoms with Crippen molar-refractivity contribution >= 4 is 21.6 Å². The Morgan fingerprint density at radius 1 is 1.48 bits per heavy atom. The van der Waals surface area contributed by atoms with Gasteiger partial charge < -0.3 is 15.7 Å². The Morgan fingerprint density at radius 3 is 2.71 bits per heavy atom. The molecule has 0 aromatic carbocycles. The molecule has 0 atom stereocenters. The van der Waals surface area contributed by atoms with Crippen LogP contribution in [-0.2, 0) is 6.54 Å². The van der Waals surface area contributed by atoms with Crippen LogP contribution in [0.25, 0.3) is 0 Å². The van der Waals surface area contributed by atoms with Crippen LogP contribution in [0.2, 0.25) is 0 Å². The summed E-state index contributed by atoms with van der Waals surface area (Å²) >= 11 is 3.40. The van der Waals surface area contributed by atoms with Gasteiger partial charge in [0.2, 0.25) is 0 Å². The fourth-order valence-corrected chi connectivity index (χ4v) is 3.48. The predicted molar refractivity (Wildman–Crippen MR) is 86.5 cm³/mol. The molecule has 0 bridgehead atoms. The first kappa shape index (κ1) is 16.5. The van der Waals surface area contributed by atoms with Crippen LogP contribution in [0, 0.1) is 0 Å². The van der Waals surface area contributed by atoms with Crippen LogP contribution in [0.15, 0.2) is 15.5 Å². The van der Waals surface area contributed by atoms with E-state index in [1.807, 2.05) is 0 Å². The van der Waals surface area contributed by atoms with Crippen molar-refractivity contribution in [2.24, 2.45) is 5.73 Å². The molecule has 1 aromatic rings. The van der Waals surface area contributed by atoms with Crippen LogP contribution < -0.4 is 16.2 Å². The lowest BCUT2D eigenvalue weighted by molar-refractivity contribution is 0.266. The van der Waals surface area contributed by atoms with E-state index in [2.05, 4.69) is 32.9 Å². The first-order chi connectivity index (χ1) is 10.1. The normalized spacial score (nSPS) is 22.3. The van der Waals surface area contributed by atoms with E-state index in [0.717, 1.165) is 37.9 Å². The highest BCUT2D eigenvalue weighted by Crippen LogP contribution is 2.29. The summed E-state index contributed by atoms with van der Waals surface area (Å²) < 4.78 is 1.79. The van der Waals surface area contributed by atoms with Crippen molar-refractivity contribution in [2.75, 3.05) is 18.1 Å². The number of hydrogen-bond acceptors (Lipinski definition) is 5. The van der Waals surface area contributed by atoms with E-state index in [9.17, 15) is 4.79 Å². The highest BCUT2D eigenvalue weighted by Gasteiger charge is 2.26. The number of nitrogens with two attached hydrogens (primary N) is 1. The van der Waals surface area contributed by atoms with E-state index in [0.29, 0.717) is 16.6 Å². The SMILES string of the molecule is CCN(c1cnn(CCO)c(=O)c1Br)C1CCC(N)CC1. The minimum Gasteiger partial charge on any atom is -0.394 e. The van der Waals surface area contributed by atoms with Gasteiger partial charge in [-0.05, 0) is 48.5 Å². The summed E-state index contributed by atoms with van der Waals surface area (Å²) in [6.45, 7) is 3.02. The summed E-state index contributed by atoms with van der Waals surface area (Å²) in [5.74, 6) is 0. The molecule has 118 valence electrons. The van der Waals surface area contributed by atoms with E-state index in [-0.39, 0.29) is 18.7 Å². The van der Waals surface area contributed by atoms with Gasteiger partial charge in [-0.1, -0.05) is 0 Å². The predicted octanol–water partition coefficient (Wildman–Crippen LogP) is 1.09. The molecule has 0 saturated heterocycles. The molecule has 0 aliphatic heterocycles. The third-order valence-electron chi connectivity index (χ3n) is 4.11. The topological polar surface area (TPSA) is 84.4 Å². The maximum atomic E-state index is 12.2. The van der Waals surface area contributed by atoms with Crippen LogP contribution in [0.5, 0.6) is 0 Å². The van der Waals surface area contributed by atoms with E-state index in [4.69, 9.17) is 10.8 Å². The average molecular weight is 359 g/mol. The van der Waals surface area contributed by atoms with E-state index >= 15 is 0 Å². The maximum Gasteiger partial charge on any atom is 0.283 e. The number of hydrogen-bond donors (Lipinski definition) is 2. The Morgan fingerprint density at radius 2 is 2.14 bits per heavy atom. The van der Waals surface area contributed by atoms with Gasteiger partial charge in [-0.25, -0.2) is 4.68 Å². The molecule has 1 aromatic heterocycles. The molecule has 1 aliphatic carbocycles. The molecule has 0 spiro atoms. The van der Waals surface area contributed by atoms with Crippen molar-refractivity contribution in [2.45, 2.75) is 51.2 Å². The molecule has 1 saturated carbocycles. The third kappa shape index (κ3) is 3.64. The molecule has 1 heterocycles. The summed E-state index contributed by atoms with van der Waals surface area (Å²) in [4.78, 5) is 14.5. The van der Waals surface area contributed by atoms with Crippen molar-refractivity contribution < 1.29 is 5.11 Å². The number of aliphatic hydroxyl groups is 1. The van der Waals surface area contributed by atoms with Crippen molar-refractivity contribution in [3.05, 3.63) is 21.0 Å². The lowest BCUT2D eigenvalue weighted by Gasteiger charge is -2.37. The molecule has 7 heteroatoms. The molecule has 2 rings (SSSR count). The molecule has 0 amide bonds. The van der Waals surface area contributed by atoms with Gasteiger partial charge in [-0.3, -0.25) is 4.79 Å². The highest BCUT2D eigenvalue weighted by atomic mass is 79.9. The average Bonchev–Trinajstić information content (AvgIpc) is 2.49. The minimum absolute atomic E-state index is 0.100. The standard InChI is InChI=1S/C14H23BrN4O2/c1-2-18(11-5-3-10(16)4-6-11)12-9-17-19(7-8-20)14(21)13(12)15/h9-11,20H,2-8,16H2,1H3. The van der Waals surface area contributed by atoms with Gasteiger partial charge in [0.25, 0.3) is 5.56 Å². The molecule has 0 unspecified atom stereocenters. The van der Waals surface area contributed by atoms with Gasteiger partial charge in [0.05, 0.1) is 25.0 Å². The van der Waals surface area contributed by atoms with Crippen molar-refractivity contribution in [3.63, 3.8) is 0 Å². The molecular formula is C14H23BrN4O2. The van der Waals surface area contributed by atoms with Crippen molar-refractivity contribution in [3.8, 4) is 0 Å². The van der Waals surface area contributed by atoms with E-state index in [1.54, 1.807) is 6.20 Å². The van der Waals surface area contributed by atoms with Crippen LogP contribution in [0.3, 0.4) is 0 Å². The van der Waals surface area contributed by atoms with Crippen molar-refractivity contribution in [1.29, 1.82) is 0 Å². The zero-order valence-electron chi connectivity index (χ0n) is 12.3. The second-order valence-corrected chi connectivity index (χ2v) is 6.24. The first-order valence-electron chi connectivity index (χ1n) is 7.47. The summed E-state index contributed by atoms with van der Waals surface area (Å²) in [5, 5.41) is 13.1. The lowest BCUT2D eigenvalue weighted by atomic mass is 9.90. The number of rotatable bonds is 5. The maximum absolute atomic E-state index is 12.2. The monoisotopic (exact) mass is 358 g/mol. The molecule has 21 heavy (non-hydrogen) atoms. The quantitative estimate of drug-likeness (QED) is 0.822. The molecule has 0 radical (unpaired) electrons. The van der Waals surface area contributed by atoms with Gasteiger partial charge in [-0.2, -0.15) is 5.10 Å². The van der Waals surface area contributed by atoms with Crippen LogP contribution in [0.4, 0.5) is 5.69 Å². The summed E-state index contributed by atoms with van der Waals surface area (Å²) in [6.07, 6.45) is 5.84. The molecule has 1 fully saturated rings. The number of aromatic nitrogens is 2. The highest BCUT2D eigenvalue weighted by molar-refractivity contribution is 9.10. The summed E-state index contributed by atoms with van der Waals surface area (Å²) in [7, 11) is 0. The van der Waals surface area contributed by atoms with Gasteiger partial charge in [0.1, 0.15) is 4.47 Å². The first-order valence-corrected chi connectivity index (χ1v) is 8.26. The van der Waals surface area contributed by atoms with Crippen molar-refractivity contribution in [1.82, 2.24) is 9.78 Å². The summed E-state index contributed by atoms with van der Waals surface area (Å²) in [5.41, 5.74) is 6.60. The smallest absolute Gasteiger partial charge is 0.283 e. The zero-order chi connectivity index (χ0) is 15.4. The lowest BCUT2D eigenvalue weighted by Crippen LogP contribution is -2.42. The number of aliphatic hydroxyl groups excluding tert-OH is 1. The zero-order valence-corrected chi connectivity index (χ0v) is 13.9. The van der Waals surface area contributed by atoms with Gasteiger partial charge in [0, 0.05) is 18.6 Å². The Hall–Kier alpha value is -0.920. The third-order valence-corrected chi connectivity index (χ3v) is 4.86. The van der Waals surface area contributed by atoms with Crippen LogP contribution in [0.1, 0.15) is 32.6 Å². The van der Waals surface area contributed by atoms with Gasteiger partial charge >= 0.3 is 0 Å². The molecule has 1 aliphatic rings.